The maximum Gasteiger partial charge on any atom is 0.291 e. The lowest BCUT2D eigenvalue weighted by atomic mass is 9.97. The fraction of sp³-hybridized carbons (Fsp3) is 0.185. The van der Waals surface area contributed by atoms with Crippen LogP contribution < -0.4 is 5.43 Å². The third-order valence-electron chi connectivity index (χ3n) is 6.13. The molecule has 2 heterocycles. The van der Waals surface area contributed by atoms with Gasteiger partial charge in [0, 0.05) is 16.5 Å². The summed E-state index contributed by atoms with van der Waals surface area (Å²) in [6.07, 6.45) is 2.01. The maximum absolute atomic E-state index is 13.8. The van der Waals surface area contributed by atoms with E-state index >= 15 is 0 Å². The molecule has 0 radical (unpaired) electrons. The van der Waals surface area contributed by atoms with Crippen LogP contribution in [-0.2, 0) is 6.54 Å². The van der Waals surface area contributed by atoms with E-state index in [0.717, 1.165) is 27.1 Å². The maximum atomic E-state index is 13.8. The van der Waals surface area contributed by atoms with Crippen molar-refractivity contribution in [1.29, 1.82) is 0 Å². The van der Waals surface area contributed by atoms with Gasteiger partial charge < -0.3 is 9.32 Å². The number of nitrogens with zero attached hydrogens (tertiary/aromatic N) is 1. The number of hydrogen-bond donors (Lipinski definition) is 0. The Kier molecular flexibility index (Phi) is 5.55. The fourth-order valence-corrected chi connectivity index (χ4v) is 5.18. The van der Waals surface area contributed by atoms with Crippen molar-refractivity contribution >= 4 is 40.2 Å². The van der Waals surface area contributed by atoms with Gasteiger partial charge in [0.2, 0.25) is 5.76 Å². The number of carbonyl (C=O) groups is 1. The predicted molar refractivity (Wildman–Crippen MR) is 133 cm³/mol. The zero-order valence-electron chi connectivity index (χ0n) is 18.5. The first-order valence-corrected chi connectivity index (χ1v) is 12.3. The minimum atomic E-state index is -0.554. The van der Waals surface area contributed by atoms with Gasteiger partial charge in [-0.15, -0.1) is 11.8 Å². The molecule has 1 aromatic heterocycles. The van der Waals surface area contributed by atoms with Crippen molar-refractivity contribution in [2.24, 2.45) is 0 Å². The molecule has 4 aromatic rings. The van der Waals surface area contributed by atoms with Crippen LogP contribution >= 0.6 is 23.4 Å². The van der Waals surface area contributed by atoms with E-state index in [1.165, 1.54) is 0 Å². The van der Waals surface area contributed by atoms with Crippen LogP contribution in [0.5, 0.6) is 0 Å². The van der Waals surface area contributed by atoms with Crippen molar-refractivity contribution in [2.75, 3.05) is 6.26 Å². The van der Waals surface area contributed by atoms with Crippen molar-refractivity contribution < 1.29 is 9.21 Å². The van der Waals surface area contributed by atoms with Gasteiger partial charge in [0.1, 0.15) is 5.58 Å². The summed E-state index contributed by atoms with van der Waals surface area (Å²) in [6.45, 7) is 4.11. The van der Waals surface area contributed by atoms with Crippen molar-refractivity contribution in [1.82, 2.24) is 4.90 Å². The predicted octanol–water partition coefficient (Wildman–Crippen LogP) is 6.53. The van der Waals surface area contributed by atoms with E-state index in [1.807, 2.05) is 74.7 Å². The topological polar surface area (TPSA) is 50.5 Å². The molecular formula is C27H22ClNO3S. The van der Waals surface area contributed by atoms with Gasteiger partial charge in [-0.05, 0) is 66.6 Å². The van der Waals surface area contributed by atoms with E-state index in [9.17, 15) is 9.59 Å². The lowest BCUT2D eigenvalue weighted by Gasteiger charge is -2.25. The van der Waals surface area contributed by atoms with Crippen LogP contribution in [0.3, 0.4) is 0 Å². The number of fused-ring (bicyclic) bond motifs is 2. The van der Waals surface area contributed by atoms with Gasteiger partial charge >= 0.3 is 0 Å². The fourth-order valence-electron chi connectivity index (χ4n) is 4.58. The number of carbonyl (C=O) groups excluding carboxylic acids is 1. The monoisotopic (exact) mass is 475 g/mol. The van der Waals surface area contributed by atoms with Crippen LogP contribution in [0.25, 0.3) is 11.0 Å². The van der Waals surface area contributed by atoms with Gasteiger partial charge in [-0.3, -0.25) is 9.59 Å². The first-order valence-electron chi connectivity index (χ1n) is 10.7. The quantitative estimate of drug-likeness (QED) is 0.315. The average molecular weight is 476 g/mol. The number of rotatable bonds is 4. The number of thioether (sulfide) groups is 1. The largest absolute Gasteiger partial charge is 0.450 e. The summed E-state index contributed by atoms with van der Waals surface area (Å²) < 4.78 is 6.15. The van der Waals surface area contributed by atoms with Crippen LogP contribution in [0.1, 0.15) is 44.4 Å². The van der Waals surface area contributed by atoms with Gasteiger partial charge in [0.05, 0.1) is 17.0 Å². The number of amides is 1. The number of aryl methyl sites for hydroxylation is 2. The minimum Gasteiger partial charge on any atom is -0.450 e. The lowest BCUT2D eigenvalue weighted by Crippen LogP contribution is -2.29. The summed E-state index contributed by atoms with van der Waals surface area (Å²) in [5.41, 5.74) is 4.19. The molecule has 1 amide bonds. The minimum absolute atomic E-state index is 0.116. The number of hydrogen-bond acceptors (Lipinski definition) is 4. The van der Waals surface area contributed by atoms with Gasteiger partial charge in [-0.2, -0.15) is 0 Å². The molecule has 0 bridgehead atoms. The average Bonchev–Trinajstić information content (AvgIpc) is 3.08. The van der Waals surface area contributed by atoms with Crippen LogP contribution in [-0.4, -0.2) is 17.1 Å². The lowest BCUT2D eigenvalue weighted by molar-refractivity contribution is 0.0714. The van der Waals surface area contributed by atoms with Gasteiger partial charge in [0.25, 0.3) is 5.91 Å². The summed E-state index contributed by atoms with van der Waals surface area (Å²) in [6, 6.07) is 18.6. The second kappa shape index (κ2) is 8.40. The van der Waals surface area contributed by atoms with E-state index in [-0.39, 0.29) is 23.6 Å². The molecule has 0 saturated heterocycles. The number of benzene rings is 3. The summed E-state index contributed by atoms with van der Waals surface area (Å²) in [4.78, 5) is 30.2. The van der Waals surface area contributed by atoms with E-state index in [4.69, 9.17) is 16.0 Å². The molecule has 1 aliphatic heterocycles. The Hall–Kier alpha value is -3.02. The molecule has 1 aliphatic rings. The molecule has 1 unspecified atom stereocenters. The Morgan fingerprint density at radius 1 is 1.03 bits per heavy atom. The first kappa shape index (κ1) is 21.8. The molecule has 0 saturated carbocycles. The summed E-state index contributed by atoms with van der Waals surface area (Å²) in [7, 11) is 0. The first-order chi connectivity index (χ1) is 15.9. The molecule has 0 aliphatic carbocycles. The highest BCUT2D eigenvalue weighted by Crippen LogP contribution is 2.40. The van der Waals surface area contributed by atoms with Crippen LogP contribution in [0.15, 0.2) is 74.8 Å². The molecule has 1 atom stereocenters. The second-order valence-corrected chi connectivity index (χ2v) is 9.62. The van der Waals surface area contributed by atoms with E-state index in [2.05, 4.69) is 0 Å². The van der Waals surface area contributed by atoms with Crippen LogP contribution in [0.4, 0.5) is 0 Å². The van der Waals surface area contributed by atoms with Crippen molar-refractivity contribution in [3.8, 4) is 0 Å². The Labute approximate surface area is 201 Å². The molecular weight excluding hydrogens is 454 g/mol. The summed E-state index contributed by atoms with van der Waals surface area (Å²) in [5.74, 6) is -0.187. The molecule has 0 spiro atoms. The summed E-state index contributed by atoms with van der Waals surface area (Å²) in [5, 5.41) is 1.08. The third kappa shape index (κ3) is 3.65. The highest BCUT2D eigenvalue weighted by atomic mass is 35.5. The van der Waals surface area contributed by atoms with Crippen LogP contribution in [0, 0.1) is 13.8 Å². The van der Waals surface area contributed by atoms with E-state index < -0.39 is 6.04 Å². The van der Waals surface area contributed by atoms with Gasteiger partial charge in [-0.25, -0.2) is 0 Å². The molecule has 4 nitrogen and oxygen atoms in total. The highest BCUT2D eigenvalue weighted by Gasteiger charge is 2.43. The molecule has 0 N–H and O–H groups in total. The van der Waals surface area contributed by atoms with Crippen molar-refractivity contribution in [2.45, 2.75) is 31.3 Å². The highest BCUT2D eigenvalue weighted by molar-refractivity contribution is 7.98. The number of halogens is 1. The van der Waals surface area contributed by atoms with Gasteiger partial charge in [-0.1, -0.05) is 48.0 Å². The molecule has 166 valence electrons. The molecule has 33 heavy (non-hydrogen) atoms. The molecule has 3 aromatic carbocycles. The zero-order valence-corrected chi connectivity index (χ0v) is 20.1. The van der Waals surface area contributed by atoms with E-state index in [1.54, 1.807) is 22.7 Å². The SMILES string of the molecule is CSc1ccc(C2c3c(oc4c(C)cc(C)cc4c3=O)C(=O)N2Cc2ccccc2Cl)cc1. The standard InChI is InChI=1S/C27H22ClNO3S/c1-15-12-16(2)25-20(13-15)24(30)22-23(17-8-10-19(33-3)11-9-17)29(27(31)26(22)32-25)14-18-6-4-5-7-21(18)28/h4-13,23H,14H2,1-3H3. The Balaban J connectivity index is 1.75. The Bertz CT molecular complexity index is 1460. The molecule has 5 rings (SSSR count). The Morgan fingerprint density at radius 2 is 1.76 bits per heavy atom. The third-order valence-corrected chi connectivity index (χ3v) is 7.24. The van der Waals surface area contributed by atoms with Crippen LogP contribution in [0.2, 0.25) is 5.02 Å². The zero-order chi connectivity index (χ0) is 23.3. The van der Waals surface area contributed by atoms with Crippen molar-refractivity contribution in [3.05, 3.63) is 109 Å². The summed E-state index contributed by atoms with van der Waals surface area (Å²) >= 11 is 8.07. The van der Waals surface area contributed by atoms with E-state index in [0.29, 0.717) is 21.6 Å². The van der Waals surface area contributed by atoms with Crippen molar-refractivity contribution in [3.63, 3.8) is 0 Å². The Morgan fingerprint density at radius 3 is 2.45 bits per heavy atom. The second-order valence-electron chi connectivity index (χ2n) is 8.33. The normalized spacial score (nSPS) is 15.3. The molecule has 0 fully saturated rings. The van der Waals surface area contributed by atoms with Gasteiger partial charge in [0.15, 0.2) is 5.43 Å². The smallest absolute Gasteiger partial charge is 0.291 e. The molecule has 6 heteroatoms.